The molecule has 0 N–H and O–H groups in total. The molecule has 0 unspecified atom stereocenters. The summed E-state index contributed by atoms with van der Waals surface area (Å²) >= 11 is 0. The van der Waals surface area contributed by atoms with Crippen LogP contribution in [-0.4, -0.2) is 30.1 Å². The summed E-state index contributed by atoms with van der Waals surface area (Å²) in [5.74, 6) is 0.668. The number of hydrogen-bond donors (Lipinski definition) is 0. The monoisotopic (exact) mass is 284 g/mol. The van der Waals surface area contributed by atoms with Gasteiger partial charge in [-0.3, -0.25) is 0 Å². The molecule has 0 atom stereocenters. The van der Waals surface area contributed by atoms with Crippen molar-refractivity contribution in [2.75, 3.05) is 21.3 Å². The number of rotatable bonds is 8. The quantitative estimate of drug-likeness (QED) is 0.541. The molecule has 5 heteroatoms. The second kappa shape index (κ2) is 7.74. The molecule has 4 nitrogen and oxygen atoms in total. The van der Waals surface area contributed by atoms with Gasteiger partial charge in [0.05, 0.1) is 6.04 Å². The van der Waals surface area contributed by atoms with Crippen molar-refractivity contribution in [2.45, 2.75) is 32.9 Å². The molecule has 0 saturated heterocycles. The van der Waals surface area contributed by atoms with E-state index in [0.717, 1.165) is 19.0 Å². The maximum atomic E-state index is 5.43. The van der Waals surface area contributed by atoms with E-state index in [9.17, 15) is 0 Å². The molecule has 1 aromatic rings. The first-order valence-corrected chi connectivity index (χ1v) is 8.62. The first-order chi connectivity index (χ1) is 9.05. The molecule has 0 bridgehead atoms. The molecule has 0 saturated carbocycles. The summed E-state index contributed by atoms with van der Waals surface area (Å²) in [7, 11) is 2.49. The molecule has 0 radical (unpaired) electrons. The Balaban J connectivity index is 2.66. The molecule has 1 heterocycles. The summed E-state index contributed by atoms with van der Waals surface area (Å²) in [6.07, 6.45) is 5.37. The molecule has 19 heavy (non-hydrogen) atoms. The molecular weight excluding hydrogens is 258 g/mol. The summed E-state index contributed by atoms with van der Waals surface area (Å²) in [6.45, 7) is 5.31. The summed E-state index contributed by atoms with van der Waals surface area (Å²) in [5.41, 5.74) is 1.36. The van der Waals surface area contributed by atoms with Crippen molar-refractivity contribution in [2.24, 2.45) is 5.92 Å². The molecule has 1 rings (SSSR count). The van der Waals surface area contributed by atoms with Crippen molar-refractivity contribution in [3.63, 3.8) is 0 Å². The zero-order chi connectivity index (χ0) is 14.3. The highest BCUT2D eigenvalue weighted by Crippen LogP contribution is 2.12. The number of pyridine rings is 1. The standard InChI is InChI=1S/C14H26NO3Si/c1-13(2)11-14-7-6-8-15(12-14)9-10-19(16-3,17-4)18-5/h6-8,12-13H,9-11H2,1-5H3/q+1. The molecule has 0 aliphatic carbocycles. The Labute approximate surface area is 117 Å². The van der Waals surface area contributed by atoms with Gasteiger partial charge >= 0.3 is 8.80 Å². The lowest BCUT2D eigenvalue weighted by Gasteiger charge is -2.22. The molecule has 1 aromatic heterocycles. The highest BCUT2D eigenvalue weighted by molar-refractivity contribution is 6.60. The SMILES string of the molecule is CO[Si](CC[n+]1cccc(CC(C)C)c1)(OC)OC. The van der Waals surface area contributed by atoms with E-state index in [-0.39, 0.29) is 0 Å². The Kier molecular flexibility index (Phi) is 6.64. The molecule has 0 spiro atoms. The largest absolute Gasteiger partial charge is 0.506 e. The smallest absolute Gasteiger partial charge is 0.377 e. The van der Waals surface area contributed by atoms with Crippen LogP contribution in [0.25, 0.3) is 0 Å². The zero-order valence-electron chi connectivity index (χ0n) is 12.7. The fourth-order valence-corrected chi connectivity index (χ4v) is 3.77. The van der Waals surface area contributed by atoms with Gasteiger partial charge in [0.2, 0.25) is 0 Å². The van der Waals surface area contributed by atoms with Crippen LogP contribution in [0.5, 0.6) is 0 Å². The third-order valence-corrected chi connectivity index (χ3v) is 5.87. The Hall–Kier alpha value is -0.753. The van der Waals surface area contributed by atoms with Crippen LogP contribution in [0.15, 0.2) is 24.5 Å². The number of hydrogen-bond acceptors (Lipinski definition) is 3. The van der Waals surface area contributed by atoms with Crippen LogP contribution in [0.4, 0.5) is 0 Å². The van der Waals surface area contributed by atoms with Crippen LogP contribution in [0.2, 0.25) is 6.04 Å². The second-order valence-electron chi connectivity index (χ2n) is 5.09. The fraction of sp³-hybridized carbons (Fsp3) is 0.643. The molecular formula is C14H26NO3Si+. The lowest BCUT2D eigenvalue weighted by atomic mass is 10.1. The first-order valence-electron chi connectivity index (χ1n) is 6.68. The van der Waals surface area contributed by atoms with E-state index >= 15 is 0 Å². The minimum atomic E-state index is -2.47. The maximum absolute atomic E-state index is 5.43. The van der Waals surface area contributed by atoms with Gasteiger partial charge in [0.25, 0.3) is 0 Å². The van der Waals surface area contributed by atoms with E-state index in [0.29, 0.717) is 5.92 Å². The van der Waals surface area contributed by atoms with Gasteiger partial charge in [-0.15, -0.1) is 0 Å². The normalized spacial score (nSPS) is 12.1. The van der Waals surface area contributed by atoms with Crippen molar-refractivity contribution in [1.82, 2.24) is 0 Å². The van der Waals surface area contributed by atoms with Gasteiger partial charge in [0.15, 0.2) is 18.9 Å². The van der Waals surface area contributed by atoms with Crippen molar-refractivity contribution in [3.05, 3.63) is 30.1 Å². The van der Waals surface area contributed by atoms with Gasteiger partial charge in [0.1, 0.15) is 0 Å². The maximum Gasteiger partial charge on any atom is 0.506 e. The van der Waals surface area contributed by atoms with Gasteiger partial charge in [-0.05, 0) is 18.4 Å². The molecule has 0 aliphatic heterocycles. The van der Waals surface area contributed by atoms with E-state index < -0.39 is 8.80 Å². The Bertz CT molecular complexity index is 372. The van der Waals surface area contributed by atoms with Crippen molar-refractivity contribution in [1.29, 1.82) is 0 Å². The van der Waals surface area contributed by atoms with E-state index in [1.165, 1.54) is 5.56 Å². The minimum Gasteiger partial charge on any atom is -0.377 e. The topological polar surface area (TPSA) is 31.6 Å². The number of aryl methyl sites for hydroxylation is 1. The van der Waals surface area contributed by atoms with Crippen LogP contribution >= 0.6 is 0 Å². The predicted molar refractivity (Wildman–Crippen MR) is 76.8 cm³/mol. The predicted octanol–water partition coefficient (Wildman–Crippen LogP) is 2.05. The van der Waals surface area contributed by atoms with E-state index in [4.69, 9.17) is 13.3 Å². The third kappa shape index (κ3) is 5.02. The second-order valence-corrected chi connectivity index (χ2v) is 8.18. The average Bonchev–Trinajstić information content (AvgIpc) is 2.41. The zero-order valence-corrected chi connectivity index (χ0v) is 13.7. The van der Waals surface area contributed by atoms with Crippen LogP contribution < -0.4 is 4.57 Å². The molecule has 0 fully saturated rings. The number of nitrogens with zero attached hydrogens (tertiary/aromatic N) is 1. The van der Waals surface area contributed by atoms with Gasteiger partial charge in [-0.25, -0.2) is 4.57 Å². The molecule has 0 aromatic carbocycles. The highest BCUT2D eigenvalue weighted by Gasteiger charge is 2.38. The van der Waals surface area contributed by atoms with E-state index in [1.54, 1.807) is 21.3 Å². The van der Waals surface area contributed by atoms with E-state index in [1.807, 2.05) is 0 Å². The van der Waals surface area contributed by atoms with Crippen LogP contribution in [0.1, 0.15) is 19.4 Å². The Morgan fingerprint density at radius 2 is 1.79 bits per heavy atom. The van der Waals surface area contributed by atoms with Gasteiger partial charge in [-0.2, -0.15) is 0 Å². The van der Waals surface area contributed by atoms with Crippen molar-refractivity contribution in [3.8, 4) is 0 Å². The van der Waals surface area contributed by atoms with Crippen LogP contribution in [0.3, 0.4) is 0 Å². The van der Waals surface area contributed by atoms with Crippen molar-refractivity contribution < 1.29 is 17.8 Å². The molecule has 108 valence electrons. The third-order valence-electron chi connectivity index (χ3n) is 3.17. The van der Waals surface area contributed by atoms with Crippen LogP contribution in [0, 0.1) is 5.92 Å². The summed E-state index contributed by atoms with van der Waals surface area (Å²) in [4.78, 5) is 0. The summed E-state index contributed by atoms with van der Waals surface area (Å²) in [5, 5.41) is 0. The summed E-state index contributed by atoms with van der Waals surface area (Å²) in [6, 6.07) is 5.03. The van der Waals surface area contributed by atoms with Gasteiger partial charge < -0.3 is 13.3 Å². The van der Waals surface area contributed by atoms with Crippen LogP contribution in [-0.2, 0) is 26.2 Å². The molecule has 0 aliphatic rings. The summed E-state index contributed by atoms with van der Waals surface area (Å²) < 4.78 is 18.5. The highest BCUT2D eigenvalue weighted by atomic mass is 28.4. The fourth-order valence-electron chi connectivity index (χ4n) is 2.13. The van der Waals surface area contributed by atoms with Crippen molar-refractivity contribution >= 4 is 8.80 Å². The Morgan fingerprint density at radius 3 is 2.32 bits per heavy atom. The minimum absolute atomic E-state index is 0.668. The average molecular weight is 284 g/mol. The van der Waals surface area contributed by atoms with E-state index in [2.05, 4.69) is 42.9 Å². The lowest BCUT2D eigenvalue weighted by Crippen LogP contribution is -2.47. The lowest BCUT2D eigenvalue weighted by molar-refractivity contribution is -0.694. The van der Waals surface area contributed by atoms with Gasteiger partial charge in [0, 0.05) is 33.0 Å². The first kappa shape index (κ1) is 16.3. The Morgan fingerprint density at radius 1 is 1.16 bits per heavy atom. The number of aromatic nitrogens is 1. The van der Waals surface area contributed by atoms with Gasteiger partial charge in [-0.1, -0.05) is 13.8 Å². The molecule has 0 amide bonds.